The van der Waals surface area contributed by atoms with E-state index in [0.29, 0.717) is 11.6 Å². The Morgan fingerprint density at radius 2 is 2.50 bits per heavy atom. The zero-order chi connectivity index (χ0) is 8.55. The van der Waals surface area contributed by atoms with E-state index in [2.05, 4.69) is 10.5 Å². The van der Waals surface area contributed by atoms with Gasteiger partial charge in [-0.05, 0) is 12.8 Å². The Morgan fingerprint density at radius 3 is 3.08 bits per heavy atom. The van der Waals surface area contributed by atoms with E-state index in [0.717, 1.165) is 12.8 Å². The van der Waals surface area contributed by atoms with Crippen LogP contribution in [0.1, 0.15) is 29.2 Å². The van der Waals surface area contributed by atoms with Crippen molar-refractivity contribution in [2.45, 2.75) is 18.9 Å². The molecule has 0 saturated heterocycles. The number of hydrogen-bond acceptors (Lipinski definition) is 3. The van der Waals surface area contributed by atoms with Crippen molar-refractivity contribution in [1.82, 2.24) is 15.2 Å². The lowest BCUT2D eigenvalue weighted by Crippen LogP contribution is -2.29. The van der Waals surface area contributed by atoms with Gasteiger partial charge in [0.05, 0.1) is 17.8 Å². The minimum Gasteiger partial charge on any atom is -0.290 e. The zero-order valence-corrected chi connectivity index (χ0v) is 6.53. The van der Waals surface area contributed by atoms with Crippen LogP contribution in [0.2, 0.25) is 0 Å². The normalized spacial score (nSPS) is 16.1. The Hall–Kier alpha value is -1.36. The van der Waals surface area contributed by atoms with E-state index in [1.807, 2.05) is 4.68 Å². The maximum absolute atomic E-state index is 11.0. The molecule has 1 aromatic rings. The average molecular weight is 166 g/mol. The molecule has 12 heavy (non-hydrogen) atoms. The highest BCUT2D eigenvalue weighted by Gasteiger charge is 2.24. The molecule has 0 aliphatic heterocycles. The molecule has 5 nitrogen and oxygen atoms in total. The van der Waals surface area contributed by atoms with E-state index >= 15 is 0 Å². The molecule has 1 heterocycles. The van der Waals surface area contributed by atoms with Crippen LogP contribution in [0.4, 0.5) is 0 Å². The summed E-state index contributed by atoms with van der Waals surface area (Å²) in [7, 11) is 0. The molecule has 0 radical (unpaired) electrons. The summed E-state index contributed by atoms with van der Waals surface area (Å²) in [5.74, 6) is 4.68. The third-order valence-corrected chi connectivity index (χ3v) is 1.92. The molecule has 3 N–H and O–H groups in total. The SMILES string of the molecule is NNC(=O)c1cnn(C2CC2)c1. The van der Waals surface area contributed by atoms with Crippen LogP contribution in [0.3, 0.4) is 0 Å². The molecule has 0 spiro atoms. The van der Waals surface area contributed by atoms with Gasteiger partial charge in [-0.1, -0.05) is 0 Å². The highest BCUT2D eigenvalue weighted by atomic mass is 16.2. The average Bonchev–Trinajstić information content (AvgIpc) is 2.83. The first-order valence-corrected chi connectivity index (χ1v) is 3.86. The van der Waals surface area contributed by atoms with Gasteiger partial charge in [0, 0.05) is 6.20 Å². The molecule has 0 unspecified atom stereocenters. The number of carbonyl (C=O) groups is 1. The molecular weight excluding hydrogens is 156 g/mol. The van der Waals surface area contributed by atoms with Crippen LogP contribution in [0.15, 0.2) is 12.4 Å². The first-order valence-electron chi connectivity index (χ1n) is 3.86. The number of nitrogens with zero attached hydrogens (tertiary/aromatic N) is 2. The molecule has 1 aromatic heterocycles. The molecular formula is C7H10N4O. The number of hydrogen-bond donors (Lipinski definition) is 2. The third kappa shape index (κ3) is 1.18. The molecule has 1 aliphatic rings. The summed E-state index contributed by atoms with van der Waals surface area (Å²) >= 11 is 0. The van der Waals surface area contributed by atoms with E-state index < -0.39 is 0 Å². The van der Waals surface area contributed by atoms with Gasteiger partial charge in [0.2, 0.25) is 0 Å². The molecule has 1 aliphatic carbocycles. The number of rotatable bonds is 2. The van der Waals surface area contributed by atoms with Crippen LogP contribution in [0.5, 0.6) is 0 Å². The summed E-state index contributed by atoms with van der Waals surface area (Å²) in [6.45, 7) is 0. The van der Waals surface area contributed by atoms with E-state index in [1.54, 1.807) is 6.20 Å². The number of carbonyl (C=O) groups excluding carboxylic acids is 1. The quantitative estimate of drug-likeness (QED) is 0.363. The molecule has 0 bridgehead atoms. The molecule has 64 valence electrons. The first kappa shape index (κ1) is 7.30. The summed E-state index contributed by atoms with van der Waals surface area (Å²) in [5, 5.41) is 4.05. The van der Waals surface area contributed by atoms with Crippen molar-refractivity contribution < 1.29 is 4.79 Å². The van der Waals surface area contributed by atoms with Crippen molar-refractivity contribution >= 4 is 5.91 Å². The van der Waals surface area contributed by atoms with Gasteiger partial charge in [0.15, 0.2) is 0 Å². The maximum Gasteiger partial charge on any atom is 0.268 e. The summed E-state index contributed by atoms with van der Waals surface area (Å²) in [5.41, 5.74) is 2.58. The lowest BCUT2D eigenvalue weighted by Gasteiger charge is -1.94. The van der Waals surface area contributed by atoms with Crippen molar-refractivity contribution in [3.05, 3.63) is 18.0 Å². The number of nitrogens with two attached hydrogens (primary N) is 1. The highest BCUT2D eigenvalue weighted by molar-refractivity contribution is 5.93. The predicted octanol–water partition coefficient (Wildman–Crippen LogP) is -0.179. The summed E-state index contributed by atoms with van der Waals surface area (Å²) in [6.07, 6.45) is 5.57. The second-order valence-corrected chi connectivity index (χ2v) is 2.91. The number of nitrogen functional groups attached to an aromatic ring is 1. The van der Waals surface area contributed by atoms with Crippen molar-refractivity contribution in [3.8, 4) is 0 Å². The second-order valence-electron chi connectivity index (χ2n) is 2.91. The number of aromatic nitrogens is 2. The summed E-state index contributed by atoms with van der Waals surface area (Å²) in [4.78, 5) is 11.0. The molecule has 1 saturated carbocycles. The van der Waals surface area contributed by atoms with Crippen LogP contribution in [0.25, 0.3) is 0 Å². The molecule has 1 amide bonds. The highest BCUT2D eigenvalue weighted by Crippen LogP contribution is 2.33. The summed E-state index contributed by atoms with van der Waals surface area (Å²) in [6, 6.07) is 0.504. The topological polar surface area (TPSA) is 72.9 Å². The van der Waals surface area contributed by atoms with Gasteiger partial charge in [-0.3, -0.25) is 14.9 Å². The van der Waals surface area contributed by atoms with Crippen LogP contribution in [-0.4, -0.2) is 15.7 Å². The van der Waals surface area contributed by atoms with E-state index in [-0.39, 0.29) is 5.91 Å². The number of hydrazine groups is 1. The van der Waals surface area contributed by atoms with Crippen molar-refractivity contribution in [1.29, 1.82) is 0 Å². The number of nitrogens with one attached hydrogen (secondary N) is 1. The third-order valence-electron chi connectivity index (χ3n) is 1.92. The van der Waals surface area contributed by atoms with Gasteiger partial charge in [-0.15, -0.1) is 0 Å². The molecule has 0 atom stereocenters. The fourth-order valence-corrected chi connectivity index (χ4v) is 1.08. The summed E-state index contributed by atoms with van der Waals surface area (Å²) < 4.78 is 1.81. The molecule has 0 aromatic carbocycles. The minimum absolute atomic E-state index is 0.290. The number of amides is 1. The second kappa shape index (κ2) is 2.60. The van der Waals surface area contributed by atoms with Crippen molar-refractivity contribution in [2.24, 2.45) is 5.84 Å². The fourth-order valence-electron chi connectivity index (χ4n) is 1.08. The van der Waals surface area contributed by atoms with Gasteiger partial charge >= 0.3 is 0 Å². The Kier molecular flexibility index (Phi) is 1.58. The fraction of sp³-hybridized carbons (Fsp3) is 0.429. The van der Waals surface area contributed by atoms with Crippen LogP contribution in [-0.2, 0) is 0 Å². The Morgan fingerprint density at radius 1 is 1.75 bits per heavy atom. The van der Waals surface area contributed by atoms with Gasteiger partial charge in [0.25, 0.3) is 5.91 Å². The monoisotopic (exact) mass is 166 g/mol. The Balaban J connectivity index is 2.17. The van der Waals surface area contributed by atoms with E-state index in [1.165, 1.54) is 6.20 Å². The van der Waals surface area contributed by atoms with Gasteiger partial charge in [0.1, 0.15) is 0 Å². The van der Waals surface area contributed by atoms with Crippen LogP contribution < -0.4 is 11.3 Å². The standard InChI is InChI=1S/C7H10N4O/c8-10-7(12)5-3-9-11(4-5)6-1-2-6/h3-4,6H,1-2,8H2,(H,10,12). The zero-order valence-electron chi connectivity index (χ0n) is 6.53. The molecule has 2 rings (SSSR count). The first-order chi connectivity index (χ1) is 5.81. The molecule has 1 fully saturated rings. The van der Waals surface area contributed by atoms with Gasteiger partial charge in [-0.2, -0.15) is 5.10 Å². The lowest BCUT2D eigenvalue weighted by atomic mass is 10.3. The molecule has 5 heteroatoms. The smallest absolute Gasteiger partial charge is 0.268 e. The van der Waals surface area contributed by atoms with E-state index in [9.17, 15) is 4.79 Å². The Labute approximate surface area is 69.5 Å². The minimum atomic E-state index is -0.290. The maximum atomic E-state index is 11.0. The van der Waals surface area contributed by atoms with Crippen molar-refractivity contribution in [3.63, 3.8) is 0 Å². The van der Waals surface area contributed by atoms with Gasteiger partial charge in [-0.25, -0.2) is 5.84 Å². The lowest BCUT2D eigenvalue weighted by molar-refractivity contribution is 0.0953. The van der Waals surface area contributed by atoms with Gasteiger partial charge < -0.3 is 0 Å². The van der Waals surface area contributed by atoms with Crippen molar-refractivity contribution in [2.75, 3.05) is 0 Å². The Bertz CT molecular complexity index is 302. The van der Waals surface area contributed by atoms with Crippen LogP contribution in [0, 0.1) is 0 Å². The largest absolute Gasteiger partial charge is 0.290 e. The van der Waals surface area contributed by atoms with E-state index in [4.69, 9.17) is 5.84 Å². The van der Waals surface area contributed by atoms with Crippen LogP contribution >= 0.6 is 0 Å². The predicted molar refractivity (Wildman–Crippen MR) is 42.2 cm³/mol.